The van der Waals surface area contributed by atoms with Crippen molar-refractivity contribution < 1.29 is 13.9 Å². The van der Waals surface area contributed by atoms with E-state index in [1.54, 1.807) is 0 Å². The largest absolute Gasteiger partial charge is 0.497 e. The molecule has 0 aliphatic rings. The van der Waals surface area contributed by atoms with Crippen LogP contribution in [0, 0.1) is 17.3 Å². The molecule has 0 saturated carbocycles. The van der Waals surface area contributed by atoms with Gasteiger partial charge in [-0.05, 0) is 12.1 Å². The molecule has 14 heavy (non-hydrogen) atoms. The fraction of sp³-hybridized carbons (Fsp3) is 0.111. The van der Waals surface area contributed by atoms with Crippen LogP contribution < -0.4 is 10.1 Å². The zero-order valence-electron chi connectivity index (χ0n) is 7.37. The lowest BCUT2D eigenvalue weighted by Gasteiger charge is -2.02. The molecular weight excluding hydrogens is 187 g/mol. The summed E-state index contributed by atoms with van der Waals surface area (Å²) >= 11 is 0. The predicted molar refractivity (Wildman–Crippen MR) is 46.0 cm³/mol. The van der Waals surface area contributed by atoms with E-state index in [1.807, 2.05) is 5.32 Å². The van der Waals surface area contributed by atoms with E-state index >= 15 is 0 Å². The van der Waals surface area contributed by atoms with Gasteiger partial charge in [-0.2, -0.15) is 5.26 Å². The summed E-state index contributed by atoms with van der Waals surface area (Å²) < 4.78 is 17.9. The van der Waals surface area contributed by atoms with E-state index < -0.39 is 11.7 Å². The molecule has 0 aliphatic carbocycles. The average molecular weight is 194 g/mol. The molecule has 4 nitrogen and oxygen atoms in total. The summed E-state index contributed by atoms with van der Waals surface area (Å²) in [6.45, 7) is 0. The van der Waals surface area contributed by atoms with Crippen LogP contribution in [0.5, 0.6) is 5.75 Å². The van der Waals surface area contributed by atoms with E-state index in [0.29, 0.717) is 5.75 Å². The molecule has 1 amide bonds. The second-order valence-corrected chi connectivity index (χ2v) is 2.41. The van der Waals surface area contributed by atoms with Gasteiger partial charge in [0.1, 0.15) is 11.6 Å². The Balaban J connectivity index is 3.01. The van der Waals surface area contributed by atoms with Crippen LogP contribution in [0.25, 0.3) is 0 Å². The third-order valence-electron chi connectivity index (χ3n) is 1.59. The van der Waals surface area contributed by atoms with Crippen LogP contribution in [-0.4, -0.2) is 13.0 Å². The van der Waals surface area contributed by atoms with Crippen molar-refractivity contribution in [3.8, 4) is 11.9 Å². The lowest BCUT2D eigenvalue weighted by Crippen LogP contribution is -2.18. The number of carbonyl (C=O) groups is 1. The molecule has 0 fully saturated rings. The number of rotatable bonds is 2. The van der Waals surface area contributed by atoms with E-state index in [4.69, 9.17) is 10.00 Å². The summed E-state index contributed by atoms with van der Waals surface area (Å²) in [5.41, 5.74) is -0.188. The molecule has 0 spiro atoms. The number of methoxy groups -OCH3 is 1. The van der Waals surface area contributed by atoms with Crippen LogP contribution in [0.15, 0.2) is 18.2 Å². The smallest absolute Gasteiger partial charge is 0.267 e. The zero-order chi connectivity index (χ0) is 10.6. The standard InChI is InChI=1S/C9H7FN2O2/c1-14-6-2-3-7(8(10)4-6)9(13)12-5-11/h2-4H,1H3,(H,12,13). The average Bonchev–Trinajstić information content (AvgIpc) is 2.17. The summed E-state index contributed by atoms with van der Waals surface area (Å²) in [4.78, 5) is 11.1. The summed E-state index contributed by atoms with van der Waals surface area (Å²) in [5, 5.41) is 9.99. The molecule has 0 aromatic heterocycles. The Morgan fingerprint density at radius 3 is 2.86 bits per heavy atom. The van der Waals surface area contributed by atoms with Gasteiger partial charge in [0.15, 0.2) is 6.19 Å². The van der Waals surface area contributed by atoms with Crippen molar-refractivity contribution in [2.75, 3.05) is 7.11 Å². The SMILES string of the molecule is COc1ccc(C(=O)NC#N)c(F)c1. The van der Waals surface area contributed by atoms with E-state index in [9.17, 15) is 9.18 Å². The maximum atomic E-state index is 13.2. The molecule has 0 unspecified atom stereocenters. The predicted octanol–water partition coefficient (Wildman–Crippen LogP) is 1.05. The van der Waals surface area contributed by atoms with Crippen molar-refractivity contribution in [1.29, 1.82) is 5.26 Å². The fourth-order valence-corrected chi connectivity index (χ4v) is 0.925. The van der Waals surface area contributed by atoms with Crippen LogP contribution in [-0.2, 0) is 0 Å². The Labute approximate surface area is 79.9 Å². The van der Waals surface area contributed by atoms with E-state index in [1.165, 1.54) is 25.4 Å². The molecule has 0 saturated heterocycles. The maximum absolute atomic E-state index is 13.2. The summed E-state index contributed by atoms with van der Waals surface area (Å²) in [6, 6.07) is 3.77. The van der Waals surface area contributed by atoms with Crippen molar-refractivity contribution in [3.63, 3.8) is 0 Å². The van der Waals surface area contributed by atoms with Gasteiger partial charge in [0, 0.05) is 6.07 Å². The molecule has 0 radical (unpaired) electrons. The van der Waals surface area contributed by atoms with Crippen LogP contribution in [0.4, 0.5) is 4.39 Å². The molecule has 0 bridgehead atoms. The summed E-state index contributed by atoms with van der Waals surface area (Å²) in [6.07, 6.45) is 1.42. The molecule has 72 valence electrons. The van der Waals surface area contributed by atoms with Gasteiger partial charge < -0.3 is 4.74 Å². The Hall–Kier alpha value is -2.09. The van der Waals surface area contributed by atoms with E-state index in [-0.39, 0.29) is 5.56 Å². The molecule has 1 rings (SSSR count). The normalized spacial score (nSPS) is 8.93. The monoisotopic (exact) mass is 194 g/mol. The zero-order valence-corrected chi connectivity index (χ0v) is 7.37. The van der Waals surface area contributed by atoms with Crippen molar-refractivity contribution in [2.24, 2.45) is 0 Å². The maximum Gasteiger partial charge on any atom is 0.267 e. The fourth-order valence-electron chi connectivity index (χ4n) is 0.925. The Morgan fingerprint density at radius 1 is 1.64 bits per heavy atom. The van der Waals surface area contributed by atoms with Crippen molar-refractivity contribution in [3.05, 3.63) is 29.6 Å². The van der Waals surface area contributed by atoms with Crippen molar-refractivity contribution >= 4 is 5.91 Å². The van der Waals surface area contributed by atoms with Crippen LogP contribution in [0.2, 0.25) is 0 Å². The van der Waals surface area contributed by atoms with E-state index in [0.717, 1.165) is 6.07 Å². The van der Waals surface area contributed by atoms with Crippen LogP contribution in [0.1, 0.15) is 10.4 Å². The number of halogens is 1. The van der Waals surface area contributed by atoms with Gasteiger partial charge in [-0.15, -0.1) is 0 Å². The third-order valence-corrected chi connectivity index (χ3v) is 1.59. The third kappa shape index (κ3) is 1.98. The molecule has 0 aliphatic heterocycles. The van der Waals surface area contributed by atoms with Gasteiger partial charge in [-0.1, -0.05) is 0 Å². The highest BCUT2D eigenvalue weighted by molar-refractivity contribution is 5.95. The van der Waals surface area contributed by atoms with Gasteiger partial charge in [0.05, 0.1) is 12.7 Å². The number of ether oxygens (including phenoxy) is 1. The highest BCUT2D eigenvalue weighted by atomic mass is 19.1. The van der Waals surface area contributed by atoms with Crippen molar-refractivity contribution in [1.82, 2.24) is 5.32 Å². The quantitative estimate of drug-likeness (QED) is 0.565. The number of amides is 1. The first-order chi connectivity index (χ1) is 6.69. The van der Waals surface area contributed by atoms with Gasteiger partial charge in [-0.3, -0.25) is 10.1 Å². The van der Waals surface area contributed by atoms with Crippen molar-refractivity contribution in [2.45, 2.75) is 0 Å². The second-order valence-electron chi connectivity index (χ2n) is 2.41. The molecule has 1 aromatic carbocycles. The minimum Gasteiger partial charge on any atom is -0.497 e. The lowest BCUT2D eigenvalue weighted by molar-refractivity contribution is 0.0969. The van der Waals surface area contributed by atoms with Gasteiger partial charge >= 0.3 is 0 Å². The first-order valence-corrected chi connectivity index (χ1v) is 3.72. The lowest BCUT2D eigenvalue weighted by atomic mass is 10.2. The van der Waals surface area contributed by atoms with Gasteiger partial charge in [-0.25, -0.2) is 4.39 Å². The Morgan fingerprint density at radius 2 is 2.36 bits per heavy atom. The Bertz CT molecular complexity index is 398. The molecular formula is C9H7FN2O2. The minimum atomic E-state index is -0.771. The number of hydrogen-bond acceptors (Lipinski definition) is 3. The number of hydrogen-bond donors (Lipinski definition) is 1. The van der Waals surface area contributed by atoms with Crippen LogP contribution >= 0.6 is 0 Å². The van der Waals surface area contributed by atoms with Gasteiger partial charge in [0.25, 0.3) is 5.91 Å². The number of carbonyl (C=O) groups excluding carboxylic acids is 1. The molecule has 1 N–H and O–H groups in total. The topological polar surface area (TPSA) is 62.1 Å². The summed E-state index contributed by atoms with van der Waals surface area (Å²) in [7, 11) is 1.39. The van der Waals surface area contributed by atoms with Crippen LogP contribution in [0.3, 0.4) is 0 Å². The number of nitriles is 1. The number of benzene rings is 1. The van der Waals surface area contributed by atoms with E-state index in [2.05, 4.69) is 0 Å². The number of nitrogens with one attached hydrogen (secondary N) is 1. The number of nitrogens with zero attached hydrogens (tertiary/aromatic N) is 1. The molecule has 0 heterocycles. The molecule has 1 aromatic rings. The first-order valence-electron chi connectivity index (χ1n) is 3.72. The second kappa shape index (κ2) is 4.23. The highest BCUT2D eigenvalue weighted by Gasteiger charge is 2.11. The first kappa shape index (κ1) is 9.99. The molecule has 0 atom stereocenters. The highest BCUT2D eigenvalue weighted by Crippen LogP contribution is 2.15. The molecule has 5 heteroatoms. The Kier molecular flexibility index (Phi) is 3.02. The minimum absolute atomic E-state index is 0.188. The summed E-state index contributed by atoms with van der Waals surface area (Å²) in [5.74, 6) is -1.18. The van der Waals surface area contributed by atoms with Gasteiger partial charge in [0.2, 0.25) is 0 Å².